The van der Waals surface area contributed by atoms with Crippen molar-refractivity contribution < 1.29 is 4.74 Å². The molecule has 96 valence electrons. The molecule has 0 atom stereocenters. The topological polar surface area (TPSA) is 24.5 Å². The summed E-state index contributed by atoms with van der Waals surface area (Å²) in [6.07, 6.45) is 5.52. The number of likely N-dealkylation sites (N-methyl/N-ethyl adjacent to an activating group) is 1. The van der Waals surface area contributed by atoms with Crippen LogP contribution in [-0.4, -0.2) is 51.3 Å². The molecule has 1 N–H and O–H groups in total. The number of nitrogens with one attached hydrogen (secondary N) is 1. The lowest BCUT2D eigenvalue weighted by Gasteiger charge is -2.24. The molecule has 1 fully saturated rings. The van der Waals surface area contributed by atoms with E-state index in [1.165, 1.54) is 45.3 Å². The van der Waals surface area contributed by atoms with E-state index in [0.29, 0.717) is 0 Å². The summed E-state index contributed by atoms with van der Waals surface area (Å²) in [5.74, 6) is 0.974. The Morgan fingerprint density at radius 1 is 1.25 bits per heavy atom. The second kappa shape index (κ2) is 8.97. The van der Waals surface area contributed by atoms with Crippen LogP contribution in [-0.2, 0) is 4.74 Å². The van der Waals surface area contributed by atoms with Gasteiger partial charge in [-0.3, -0.25) is 0 Å². The number of nitrogens with zero attached hydrogens (tertiary/aromatic N) is 1. The third-order valence-corrected chi connectivity index (χ3v) is 3.60. The molecule has 1 saturated heterocycles. The largest absolute Gasteiger partial charge is 0.383 e. The molecule has 0 unspecified atom stereocenters. The number of hydrogen-bond donors (Lipinski definition) is 1. The van der Waals surface area contributed by atoms with E-state index in [-0.39, 0.29) is 0 Å². The minimum absolute atomic E-state index is 0.862. The lowest BCUT2D eigenvalue weighted by Crippen LogP contribution is -2.30. The molecule has 1 aliphatic heterocycles. The summed E-state index contributed by atoms with van der Waals surface area (Å²) in [4.78, 5) is 2.49. The fourth-order valence-corrected chi connectivity index (χ4v) is 2.42. The Labute approximate surface area is 101 Å². The van der Waals surface area contributed by atoms with Crippen LogP contribution in [0.25, 0.3) is 0 Å². The van der Waals surface area contributed by atoms with Crippen molar-refractivity contribution in [1.82, 2.24) is 10.2 Å². The zero-order valence-corrected chi connectivity index (χ0v) is 11.0. The fourth-order valence-electron chi connectivity index (χ4n) is 2.42. The molecule has 0 aliphatic carbocycles. The Morgan fingerprint density at radius 3 is 2.62 bits per heavy atom. The van der Waals surface area contributed by atoms with E-state index in [9.17, 15) is 0 Å². The van der Waals surface area contributed by atoms with Crippen molar-refractivity contribution in [3.63, 3.8) is 0 Å². The molecule has 3 heteroatoms. The van der Waals surface area contributed by atoms with Crippen LogP contribution in [0, 0.1) is 5.92 Å². The fraction of sp³-hybridized carbons (Fsp3) is 1.00. The van der Waals surface area contributed by atoms with Crippen molar-refractivity contribution >= 4 is 0 Å². The molecule has 0 saturated carbocycles. The zero-order valence-electron chi connectivity index (χ0n) is 11.0. The van der Waals surface area contributed by atoms with Gasteiger partial charge in [-0.15, -0.1) is 0 Å². The summed E-state index contributed by atoms with van der Waals surface area (Å²) in [7, 11) is 1.78. The maximum absolute atomic E-state index is 5.12. The lowest BCUT2D eigenvalue weighted by molar-refractivity contribution is 0.148. The standard InChI is InChI=1S/C13H28N2O/c1-3-15(11-12-16-2)10-4-5-13-6-8-14-9-7-13/h13-14H,3-12H2,1-2H3. The number of hydrogen-bond acceptors (Lipinski definition) is 3. The Morgan fingerprint density at radius 2 is 2.00 bits per heavy atom. The van der Waals surface area contributed by atoms with Crippen molar-refractivity contribution in [2.24, 2.45) is 5.92 Å². The Bertz CT molecular complexity index is 158. The Hall–Kier alpha value is -0.120. The third-order valence-electron chi connectivity index (χ3n) is 3.60. The molecule has 0 aromatic heterocycles. The van der Waals surface area contributed by atoms with Gasteiger partial charge in [0.15, 0.2) is 0 Å². The van der Waals surface area contributed by atoms with Gasteiger partial charge in [-0.2, -0.15) is 0 Å². The van der Waals surface area contributed by atoms with Crippen LogP contribution in [0.15, 0.2) is 0 Å². The maximum atomic E-state index is 5.12. The van der Waals surface area contributed by atoms with Crippen molar-refractivity contribution in [2.45, 2.75) is 32.6 Å². The second-order valence-corrected chi connectivity index (χ2v) is 4.76. The summed E-state index contributed by atoms with van der Waals surface area (Å²) < 4.78 is 5.12. The van der Waals surface area contributed by atoms with E-state index in [2.05, 4.69) is 17.1 Å². The van der Waals surface area contributed by atoms with Gasteiger partial charge < -0.3 is 15.0 Å². The van der Waals surface area contributed by atoms with Crippen molar-refractivity contribution in [3.8, 4) is 0 Å². The zero-order chi connectivity index (χ0) is 11.6. The van der Waals surface area contributed by atoms with E-state index in [1.54, 1.807) is 7.11 Å². The molecular weight excluding hydrogens is 200 g/mol. The van der Waals surface area contributed by atoms with Gasteiger partial charge in [-0.1, -0.05) is 6.92 Å². The van der Waals surface area contributed by atoms with Crippen molar-refractivity contribution in [3.05, 3.63) is 0 Å². The SMILES string of the molecule is CCN(CCCC1CCNCC1)CCOC. The quantitative estimate of drug-likeness (QED) is 0.685. The van der Waals surface area contributed by atoms with Crippen molar-refractivity contribution in [1.29, 1.82) is 0 Å². The molecule has 0 spiro atoms. The molecule has 0 bridgehead atoms. The van der Waals surface area contributed by atoms with Crippen LogP contribution in [0.4, 0.5) is 0 Å². The smallest absolute Gasteiger partial charge is 0.0589 e. The van der Waals surface area contributed by atoms with E-state index in [0.717, 1.165) is 25.6 Å². The van der Waals surface area contributed by atoms with Gasteiger partial charge in [-0.25, -0.2) is 0 Å². The highest BCUT2D eigenvalue weighted by Gasteiger charge is 2.12. The average Bonchev–Trinajstić information content (AvgIpc) is 2.35. The molecule has 3 nitrogen and oxygen atoms in total. The van der Waals surface area contributed by atoms with Crippen LogP contribution >= 0.6 is 0 Å². The van der Waals surface area contributed by atoms with Gasteiger partial charge in [0.05, 0.1) is 6.61 Å². The van der Waals surface area contributed by atoms with Crippen LogP contribution in [0.1, 0.15) is 32.6 Å². The van der Waals surface area contributed by atoms with Crippen LogP contribution < -0.4 is 5.32 Å². The predicted octanol–water partition coefficient (Wildman–Crippen LogP) is 1.73. The highest BCUT2D eigenvalue weighted by molar-refractivity contribution is 4.69. The van der Waals surface area contributed by atoms with Gasteiger partial charge in [-0.05, 0) is 57.8 Å². The summed E-state index contributed by atoms with van der Waals surface area (Å²) >= 11 is 0. The van der Waals surface area contributed by atoms with Gasteiger partial charge in [0.25, 0.3) is 0 Å². The van der Waals surface area contributed by atoms with Crippen LogP contribution in [0.3, 0.4) is 0 Å². The Balaban J connectivity index is 2.02. The van der Waals surface area contributed by atoms with E-state index >= 15 is 0 Å². The minimum atomic E-state index is 0.862. The van der Waals surface area contributed by atoms with E-state index in [1.807, 2.05) is 0 Å². The van der Waals surface area contributed by atoms with Gasteiger partial charge in [0, 0.05) is 13.7 Å². The molecule has 1 rings (SSSR count). The first-order chi connectivity index (χ1) is 7.86. The molecule has 1 heterocycles. The molecular formula is C13H28N2O. The summed E-state index contributed by atoms with van der Waals surface area (Å²) in [6, 6.07) is 0. The molecule has 0 aromatic rings. The second-order valence-electron chi connectivity index (χ2n) is 4.76. The average molecular weight is 228 g/mol. The summed E-state index contributed by atoms with van der Waals surface area (Å²) in [6.45, 7) is 9.03. The number of ether oxygens (including phenoxy) is 1. The highest BCUT2D eigenvalue weighted by Crippen LogP contribution is 2.17. The lowest BCUT2D eigenvalue weighted by atomic mass is 9.93. The molecule has 16 heavy (non-hydrogen) atoms. The Kier molecular flexibility index (Phi) is 7.81. The van der Waals surface area contributed by atoms with Crippen molar-refractivity contribution in [2.75, 3.05) is 46.4 Å². The number of piperidine rings is 1. The maximum Gasteiger partial charge on any atom is 0.0589 e. The van der Waals surface area contributed by atoms with Gasteiger partial charge in [0.1, 0.15) is 0 Å². The number of rotatable bonds is 8. The molecule has 0 radical (unpaired) electrons. The first-order valence-electron chi connectivity index (χ1n) is 6.78. The highest BCUT2D eigenvalue weighted by atomic mass is 16.5. The summed E-state index contributed by atoms with van der Waals surface area (Å²) in [5, 5.41) is 3.43. The normalized spacial score (nSPS) is 18.2. The summed E-state index contributed by atoms with van der Waals surface area (Å²) in [5.41, 5.74) is 0. The van der Waals surface area contributed by atoms with Crippen LogP contribution in [0.2, 0.25) is 0 Å². The van der Waals surface area contributed by atoms with E-state index in [4.69, 9.17) is 4.74 Å². The van der Waals surface area contributed by atoms with Gasteiger partial charge >= 0.3 is 0 Å². The number of methoxy groups -OCH3 is 1. The monoisotopic (exact) mass is 228 g/mol. The molecule has 0 aromatic carbocycles. The molecule has 0 amide bonds. The molecule has 1 aliphatic rings. The predicted molar refractivity (Wildman–Crippen MR) is 68.8 cm³/mol. The first kappa shape index (κ1) is 13.9. The third kappa shape index (κ3) is 5.83. The minimum Gasteiger partial charge on any atom is -0.383 e. The first-order valence-corrected chi connectivity index (χ1v) is 6.78. The van der Waals surface area contributed by atoms with Crippen LogP contribution in [0.5, 0.6) is 0 Å². The van der Waals surface area contributed by atoms with E-state index < -0.39 is 0 Å². The van der Waals surface area contributed by atoms with Gasteiger partial charge in [0.2, 0.25) is 0 Å².